The van der Waals surface area contributed by atoms with Crippen LogP contribution in [-0.2, 0) is 20.7 Å². The van der Waals surface area contributed by atoms with Crippen LogP contribution >= 0.6 is 0 Å². The molecule has 10 heteroatoms. The van der Waals surface area contributed by atoms with E-state index in [4.69, 9.17) is 15.9 Å². The van der Waals surface area contributed by atoms with Crippen LogP contribution in [0.5, 0.6) is 5.75 Å². The van der Waals surface area contributed by atoms with Gasteiger partial charge in [-0.2, -0.15) is 0 Å². The average Bonchev–Trinajstić information content (AvgIpc) is 2.94. The van der Waals surface area contributed by atoms with Crippen LogP contribution in [0.25, 0.3) is 0 Å². The van der Waals surface area contributed by atoms with Gasteiger partial charge in [0.1, 0.15) is 35.7 Å². The van der Waals surface area contributed by atoms with E-state index in [1.807, 2.05) is 61.3 Å². The number of nitrogens with zero attached hydrogens (tertiary/aromatic N) is 1. The van der Waals surface area contributed by atoms with E-state index >= 15 is 0 Å². The van der Waals surface area contributed by atoms with Crippen LogP contribution in [0.1, 0.15) is 48.6 Å². The molecule has 4 atom stereocenters. The van der Waals surface area contributed by atoms with Gasteiger partial charge in [-0.1, -0.05) is 36.3 Å². The highest BCUT2D eigenvalue weighted by atomic mass is 16.5. The number of rotatable bonds is 13. The lowest BCUT2D eigenvalue weighted by molar-refractivity contribution is -0.189. The predicted molar refractivity (Wildman–Crippen MR) is 159 cm³/mol. The van der Waals surface area contributed by atoms with Crippen molar-refractivity contribution in [3.8, 4) is 18.1 Å². The predicted octanol–water partition coefficient (Wildman–Crippen LogP) is 1.08. The Hall–Kier alpha value is -3.46. The number of hydrogen-bond acceptors (Lipinski definition) is 8. The molecule has 0 saturated carbocycles. The number of likely N-dealkylation sites (N-methyl/N-ethyl adjacent to an activating group) is 1. The normalized spacial score (nSPS) is 20.5. The van der Waals surface area contributed by atoms with Gasteiger partial charge in [-0.3, -0.25) is 14.5 Å². The number of terminal acetylenes is 1. The summed E-state index contributed by atoms with van der Waals surface area (Å²) in [5.41, 5.74) is 2.82. The second kappa shape index (κ2) is 15.1. The molecular formula is C32H43N3O7. The van der Waals surface area contributed by atoms with E-state index in [9.17, 15) is 24.9 Å². The van der Waals surface area contributed by atoms with Crippen molar-refractivity contribution in [1.29, 1.82) is 0 Å². The molecule has 42 heavy (non-hydrogen) atoms. The van der Waals surface area contributed by atoms with E-state index in [0.717, 1.165) is 22.3 Å². The van der Waals surface area contributed by atoms with Crippen LogP contribution in [0.2, 0.25) is 0 Å². The van der Waals surface area contributed by atoms with Crippen LogP contribution < -0.4 is 15.4 Å². The molecule has 1 fully saturated rings. The van der Waals surface area contributed by atoms with E-state index in [0.29, 0.717) is 31.8 Å². The molecular weight excluding hydrogens is 538 g/mol. The number of benzene rings is 2. The SMILES string of the molecule is C#CCN(C)CCNC(=O)C(C)(C)NC(=O)CCOc1ccc(Cc2cc([C@@H]3OC[C@@H](O)[C@H](O)[C@H]3O)ccc2C)cc1. The molecule has 0 unspecified atom stereocenters. The molecule has 2 amide bonds. The number of aliphatic hydroxyl groups excluding tert-OH is 3. The first-order valence-electron chi connectivity index (χ1n) is 14.1. The third-order valence-electron chi connectivity index (χ3n) is 7.28. The van der Waals surface area contributed by atoms with E-state index in [-0.39, 0.29) is 31.4 Å². The van der Waals surface area contributed by atoms with Crippen molar-refractivity contribution < 1.29 is 34.4 Å². The van der Waals surface area contributed by atoms with Gasteiger partial charge in [0.15, 0.2) is 0 Å². The Labute approximate surface area is 248 Å². The average molecular weight is 582 g/mol. The fourth-order valence-electron chi connectivity index (χ4n) is 4.63. The van der Waals surface area contributed by atoms with E-state index < -0.39 is 30.0 Å². The third kappa shape index (κ3) is 9.28. The summed E-state index contributed by atoms with van der Waals surface area (Å²) in [6.45, 7) is 6.94. The van der Waals surface area contributed by atoms with E-state index in [2.05, 4.69) is 16.6 Å². The number of carbonyl (C=O) groups is 2. The standard InChI is InChI=1S/C32H43N3O7/c1-6-15-35(5)16-14-33-31(40)32(3,4)34-27(37)13-17-41-25-11-8-22(9-12-25)18-24-19-23(10-7-21(24)2)30-29(39)28(38)26(36)20-42-30/h1,7-12,19,26,28-30,36,38-39H,13-18,20H2,2-5H3,(H,33,40)(H,34,37)/t26-,28+,29-,30+/m1/s1. The summed E-state index contributed by atoms with van der Waals surface area (Å²) in [6, 6.07) is 13.3. The van der Waals surface area contributed by atoms with Gasteiger partial charge >= 0.3 is 0 Å². The number of aliphatic hydroxyl groups is 3. The molecule has 0 radical (unpaired) electrons. The van der Waals surface area contributed by atoms with Crippen molar-refractivity contribution in [2.24, 2.45) is 0 Å². The zero-order chi connectivity index (χ0) is 30.9. The Balaban J connectivity index is 1.47. The quantitative estimate of drug-likeness (QED) is 0.222. The minimum atomic E-state index is -1.26. The van der Waals surface area contributed by atoms with Gasteiger partial charge in [0.25, 0.3) is 0 Å². The van der Waals surface area contributed by atoms with Gasteiger partial charge < -0.3 is 35.4 Å². The van der Waals surface area contributed by atoms with Crippen LogP contribution in [0.4, 0.5) is 0 Å². The monoisotopic (exact) mass is 581 g/mol. The molecule has 228 valence electrons. The Morgan fingerprint density at radius 3 is 2.55 bits per heavy atom. The van der Waals surface area contributed by atoms with Crippen molar-refractivity contribution in [2.45, 2.75) is 63.6 Å². The summed E-state index contributed by atoms with van der Waals surface area (Å²) < 4.78 is 11.4. The van der Waals surface area contributed by atoms with Gasteiger partial charge in [0, 0.05) is 13.1 Å². The Morgan fingerprint density at radius 1 is 1.14 bits per heavy atom. The Kier molecular flexibility index (Phi) is 11.9. The second-order valence-corrected chi connectivity index (χ2v) is 11.3. The lowest BCUT2D eigenvalue weighted by Gasteiger charge is -2.35. The van der Waals surface area contributed by atoms with Gasteiger partial charge in [0.2, 0.25) is 11.8 Å². The van der Waals surface area contributed by atoms with Gasteiger partial charge in [-0.25, -0.2) is 0 Å². The third-order valence-corrected chi connectivity index (χ3v) is 7.28. The highest BCUT2D eigenvalue weighted by Gasteiger charge is 2.38. The molecule has 2 aromatic rings. The summed E-state index contributed by atoms with van der Waals surface area (Å²) >= 11 is 0. The first kappa shape index (κ1) is 33.0. The van der Waals surface area contributed by atoms with Crippen molar-refractivity contribution in [3.63, 3.8) is 0 Å². The molecule has 1 saturated heterocycles. The summed E-state index contributed by atoms with van der Waals surface area (Å²) in [5, 5.41) is 35.8. The molecule has 3 rings (SSSR count). The minimum absolute atomic E-state index is 0.0471. The highest BCUT2D eigenvalue weighted by Crippen LogP contribution is 2.31. The molecule has 5 N–H and O–H groups in total. The molecule has 2 aromatic carbocycles. The molecule has 1 aliphatic rings. The maximum absolute atomic E-state index is 12.5. The second-order valence-electron chi connectivity index (χ2n) is 11.3. The van der Waals surface area contributed by atoms with Crippen LogP contribution in [0.3, 0.4) is 0 Å². The topological polar surface area (TPSA) is 141 Å². The van der Waals surface area contributed by atoms with Crippen molar-refractivity contribution in [2.75, 3.05) is 39.9 Å². The molecule has 0 aromatic heterocycles. The van der Waals surface area contributed by atoms with Gasteiger partial charge in [-0.05, 0) is 68.6 Å². The minimum Gasteiger partial charge on any atom is -0.493 e. The number of amides is 2. The first-order valence-corrected chi connectivity index (χ1v) is 14.1. The zero-order valence-corrected chi connectivity index (χ0v) is 24.8. The van der Waals surface area contributed by atoms with Gasteiger partial charge in [0.05, 0.1) is 26.2 Å². The molecule has 0 spiro atoms. The number of aryl methyl sites for hydroxylation is 1. The highest BCUT2D eigenvalue weighted by molar-refractivity contribution is 5.90. The van der Waals surface area contributed by atoms with Crippen molar-refractivity contribution >= 4 is 11.8 Å². The lowest BCUT2D eigenvalue weighted by Crippen LogP contribution is -2.55. The number of hydrogen-bond donors (Lipinski definition) is 5. The van der Waals surface area contributed by atoms with Crippen LogP contribution in [0.15, 0.2) is 42.5 Å². The van der Waals surface area contributed by atoms with Crippen molar-refractivity contribution in [1.82, 2.24) is 15.5 Å². The maximum Gasteiger partial charge on any atom is 0.245 e. The fraction of sp³-hybridized carbons (Fsp3) is 0.500. The smallest absolute Gasteiger partial charge is 0.245 e. The van der Waals surface area contributed by atoms with Gasteiger partial charge in [-0.15, -0.1) is 6.42 Å². The van der Waals surface area contributed by atoms with Crippen LogP contribution in [0, 0.1) is 19.3 Å². The first-order chi connectivity index (χ1) is 19.9. The molecule has 10 nitrogen and oxygen atoms in total. The summed E-state index contributed by atoms with van der Waals surface area (Å²) in [4.78, 5) is 26.9. The fourth-order valence-corrected chi connectivity index (χ4v) is 4.63. The maximum atomic E-state index is 12.5. The summed E-state index contributed by atoms with van der Waals surface area (Å²) in [5.74, 6) is 2.60. The molecule has 1 heterocycles. The molecule has 1 aliphatic heterocycles. The van der Waals surface area contributed by atoms with E-state index in [1.54, 1.807) is 13.8 Å². The zero-order valence-electron chi connectivity index (χ0n) is 24.8. The van der Waals surface area contributed by atoms with Crippen molar-refractivity contribution in [3.05, 3.63) is 64.7 Å². The number of carbonyl (C=O) groups excluding carboxylic acids is 2. The molecule has 0 bridgehead atoms. The largest absolute Gasteiger partial charge is 0.493 e. The lowest BCUT2D eigenvalue weighted by atomic mass is 9.91. The summed E-state index contributed by atoms with van der Waals surface area (Å²) in [6.07, 6.45) is 1.69. The number of nitrogens with one attached hydrogen (secondary N) is 2. The Bertz CT molecular complexity index is 1240. The molecule has 0 aliphatic carbocycles. The Morgan fingerprint density at radius 2 is 1.86 bits per heavy atom. The van der Waals surface area contributed by atoms with Crippen LogP contribution in [-0.4, -0.2) is 95.8 Å². The number of ether oxygens (including phenoxy) is 2. The summed E-state index contributed by atoms with van der Waals surface area (Å²) in [7, 11) is 1.87. The van der Waals surface area contributed by atoms with E-state index in [1.165, 1.54) is 0 Å².